The number of aliphatic imine (C=N–C) groups is 1. The summed E-state index contributed by atoms with van der Waals surface area (Å²) in [5, 5.41) is 3.13. The highest BCUT2D eigenvalue weighted by Crippen LogP contribution is 2.14. The van der Waals surface area contributed by atoms with Gasteiger partial charge in [0.1, 0.15) is 11.7 Å². The van der Waals surface area contributed by atoms with E-state index >= 15 is 0 Å². The Balaban J connectivity index is 2.44. The lowest BCUT2D eigenvalue weighted by Gasteiger charge is -2.16. The Kier molecular flexibility index (Phi) is 2.48. The van der Waals surface area contributed by atoms with Crippen molar-refractivity contribution >= 4 is 5.84 Å². The van der Waals surface area contributed by atoms with Crippen molar-refractivity contribution in [1.82, 2.24) is 5.32 Å². The van der Waals surface area contributed by atoms with Gasteiger partial charge in [-0.25, -0.2) is 4.39 Å². The number of halogens is 1. The third-order valence-corrected chi connectivity index (χ3v) is 2.36. The Morgan fingerprint density at radius 2 is 2.29 bits per heavy atom. The molecule has 0 bridgehead atoms. The van der Waals surface area contributed by atoms with Gasteiger partial charge in [-0.05, 0) is 25.0 Å². The number of amidine groups is 1. The molecule has 0 radical (unpaired) electrons. The molecular weight excluding hydrogens is 179 g/mol. The molecule has 0 fully saturated rings. The summed E-state index contributed by atoms with van der Waals surface area (Å²) in [5.41, 5.74) is 1.55. The highest BCUT2D eigenvalue weighted by atomic mass is 19.1. The number of rotatable bonds is 1. The van der Waals surface area contributed by atoms with Crippen LogP contribution in [0.3, 0.4) is 0 Å². The van der Waals surface area contributed by atoms with Crippen LogP contribution < -0.4 is 5.32 Å². The maximum atomic E-state index is 13.5. The smallest absolute Gasteiger partial charge is 0.134 e. The van der Waals surface area contributed by atoms with Gasteiger partial charge in [-0.1, -0.05) is 12.1 Å². The van der Waals surface area contributed by atoms with Crippen molar-refractivity contribution in [2.75, 3.05) is 13.1 Å². The minimum absolute atomic E-state index is 0.196. The van der Waals surface area contributed by atoms with Crippen molar-refractivity contribution in [1.29, 1.82) is 0 Å². The molecule has 0 saturated carbocycles. The summed E-state index contributed by atoms with van der Waals surface area (Å²) >= 11 is 0. The molecule has 14 heavy (non-hydrogen) atoms. The SMILES string of the molecule is Cc1cccc(F)c1C1=NCCCN1. The summed E-state index contributed by atoms with van der Waals surface area (Å²) in [7, 11) is 0. The Bertz CT molecular complexity index is 351. The van der Waals surface area contributed by atoms with E-state index in [0.29, 0.717) is 11.4 Å². The van der Waals surface area contributed by atoms with Gasteiger partial charge in [-0.15, -0.1) is 0 Å². The van der Waals surface area contributed by atoms with Crippen molar-refractivity contribution in [3.8, 4) is 0 Å². The van der Waals surface area contributed by atoms with Crippen molar-refractivity contribution in [2.24, 2.45) is 4.99 Å². The number of nitrogens with zero attached hydrogens (tertiary/aromatic N) is 1. The molecule has 2 nitrogen and oxygen atoms in total. The van der Waals surface area contributed by atoms with Gasteiger partial charge in [-0.2, -0.15) is 0 Å². The molecule has 74 valence electrons. The zero-order valence-electron chi connectivity index (χ0n) is 8.18. The molecule has 1 aromatic carbocycles. The quantitative estimate of drug-likeness (QED) is 0.721. The first-order chi connectivity index (χ1) is 6.79. The van der Waals surface area contributed by atoms with Crippen LogP contribution in [0.25, 0.3) is 0 Å². The van der Waals surface area contributed by atoms with Crippen LogP contribution in [0.5, 0.6) is 0 Å². The number of hydrogen-bond acceptors (Lipinski definition) is 2. The Labute approximate surface area is 82.9 Å². The van der Waals surface area contributed by atoms with E-state index in [1.165, 1.54) is 6.07 Å². The maximum Gasteiger partial charge on any atom is 0.134 e. The van der Waals surface area contributed by atoms with Gasteiger partial charge in [0.05, 0.1) is 5.56 Å². The Morgan fingerprint density at radius 1 is 1.43 bits per heavy atom. The summed E-state index contributed by atoms with van der Waals surface area (Å²) < 4.78 is 13.5. The first kappa shape index (κ1) is 9.19. The van der Waals surface area contributed by atoms with Gasteiger partial charge >= 0.3 is 0 Å². The van der Waals surface area contributed by atoms with Crippen LogP contribution in [-0.4, -0.2) is 18.9 Å². The third kappa shape index (κ3) is 1.62. The fraction of sp³-hybridized carbons (Fsp3) is 0.364. The predicted molar refractivity (Wildman–Crippen MR) is 55.2 cm³/mol. The molecule has 0 spiro atoms. The van der Waals surface area contributed by atoms with Crippen LogP contribution >= 0.6 is 0 Å². The van der Waals surface area contributed by atoms with E-state index in [-0.39, 0.29) is 5.82 Å². The second-order valence-corrected chi connectivity index (χ2v) is 3.44. The van der Waals surface area contributed by atoms with Gasteiger partial charge in [0.25, 0.3) is 0 Å². The Hall–Kier alpha value is -1.38. The summed E-state index contributed by atoms with van der Waals surface area (Å²) in [6, 6.07) is 5.09. The second-order valence-electron chi connectivity index (χ2n) is 3.44. The van der Waals surface area contributed by atoms with Crippen molar-refractivity contribution in [3.05, 3.63) is 35.1 Å². The first-order valence-corrected chi connectivity index (χ1v) is 4.83. The second kappa shape index (κ2) is 3.78. The molecule has 1 heterocycles. The molecule has 0 saturated heterocycles. The number of hydrogen-bond donors (Lipinski definition) is 1. The van der Waals surface area contributed by atoms with Crippen LogP contribution in [0.15, 0.2) is 23.2 Å². The number of benzene rings is 1. The first-order valence-electron chi connectivity index (χ1n) is 4.83. The largest absolute Gasteiger partial charge is 0.370 e. The van der Waals surface area contributed by atoms with E-state index in [1.54, 1.807) is 6.07 Å². The minimum Gasteiger partial charge on any atom is -0.370 e. The summed E-state index contributed by atoms with van der Waals surface area (Å²) in [5.74, 6) is 0.505. The molecular formula is C11H13FN2. The molecule has 2 rings (SSSR count). The van der Waals surface area contributed by atoms with Crippen LogP contribution in [0.2, 0.25) is 0 Å². The third-order valence-electron chi connectivity index (χ3n) is 2.36. The lowest BCUT2D eigenvalue weighted by molar-refractivity contribution is 0.620. The highest BCUT2D eigenvalue weighted by molar-refractivity contribution is 6.00. The normalized spacial score (nSPS) is 16.0. The molecule has 1 N–H and O–H groups in total. The average Bonchev–Trinajstić information content (AvgIpc) is 2.19. The molecule has 0 aliphatic carbocycles. The summed E-state index contributed by atoms with van der Waals surface area (Å²) in [6.45, 7) is 3.57. The van der Waals surface area contributed by atoms with E-state index in [0.717, 1.165) is 25.1 Å². The lowest BCUT2D eigenvalue weighted by Crippen LogP contribution is -2.31. The van der Waals surface area contributed by atoms with Gasteiger partial charge in [0, 0.05) is 13.1 Å². The highest BCUT2D eigenvalue weighted by Gasteiger charge is 2.13. The molecule has 3 heteroatoms. The molecule has 0 atom stereocenters. The fourth-order valence-corrected chi connectivity index (χ4v) is 1.63. The van der Waals surface area contributed by atoms with Gasteiger partial charge in [-0.3, -0.25) is 4.99 Å². The van der Waals surface area contributed by atoms with Gasteiger partial charge in [0.2, 0.25) is 0 Å². The standard InChI is InChI=1S/C11H13FN2/c1-8-4-2-5-9(12)10(8)11-13-6-3-7-14-11/h2,4-5H,3,6-7H2,1H3,(H,13,14). The predicted octanol–water partition coefficient (Wildman–Crippen LogP) is 1.87. The molecule has 1 aliphatic heterocycles. The van der Waals surface area contributed by atoms with Crippen LogP contribution in [0.4, 0.5) is 4.39 Å². The van der Waals surface area contributed by atoms with E-state index in [2.05, 4.69) is 10.3 Å². The molecule has 1 aromatic rings. The van der Waals surface area contributed by atoms with E-state index in [9.17, 15) is 4.39 Å². The molecule has 1 aliphatic rings. The monoisotopic (exact) mass is 192 g/mol. The van der Waals surface area contributed by atoms with Crippen molar-refractivity contribution in [2.45, 2.75) is 13.3 Å². The van der Waals surface area contributed by atoms with E-state index in [1.807, 2.05) is 13.0 Å². The van der Waals surface area contributed by atoms with E-state index in [4.69, 9.17) is 0 Å². The topological polar surface area (TPSA) is 24.4 Å². The average molecular weight is 192 g/mol. The molecule has 0 unspecified atom stereocenters. The van der Waals surface area contributed by atoms with Crippen molar-refractivity contribution in [3.63, 3.8) is 0 Å². The number of nitrogens with one attached hydrogen (secondary N) is 1. The van der Waals surface area contributed by atoms with Gasteiger partial charge in [0.15, 0.2) is 0 Å². The van der Waals surface area contributed by atoms with Crippen LogP contribution in [0.1, 0.15) is 17.5 Å². The van der Waals surface area contributed by atoms with Crippen LogP contribution in [-0.2, 0) is 0 Å². The zero-order valence-corrected chi connectivity index (χ0v) is 8.18. The van der Waals surface area contributed by atoms with Crippen molar-refractivity contribution < 1.29 is 4.39 Å². The summed E-state index contributed by atoms with van der Waals surface area (Å²) in [6.07, 6.45) is 1.02. The fourth-order valence-electron chi connectivity index (χ4n) is 1.63. The van der Waals surface area contributed by atoms with Gasteiger partial charge < -0.3 is 5.32 Å². The number of aryl methyl sites for hydroxylation is 1. The lowest BCUT2D eigenvalue weighted by atomic mass is 10.1. The zero-order chi connectivity index (χ0) is 9.97. The van der Waals surface area contributed by atoms with E-state index < -0.39 is 0 Å². The molecule has 0 aromatic heterocycles. The summed E-state index contributed by atoms with van der Waals surface area (Å²) in [4.78, 5) is 4.29. The van der Waals surface area contributed by atoms with Crippen LogP contribution in [0, 0.1) is 12.7 Å². The Morgan fingerprint density at radius 3 is 2.93 bits per heavy atom. The minimum atomic E-state index is -0.196. The molecule has 0 amide bonds. The maximum absolute atomic E-state index is 13.5.